The first-order chi connectivity index (χ1) is 15.5. The predicted molar refractivity (Wildman–Crippen MR) is 123 cm³/mol. The van der Waals surface area contributed by atoms with Crippen molar-refractivity contribution in [3.8, 4) is 0 Å². The van der Waals surface area contributed by atoms with Gasteiger partial charge in [0.15, 0.2) is 0 Å². The number of carbonyl (C=O) groups excluding carboxylic acids is 2. The lowest BCUT2D eigenvalue weighted by Gasteiger charge is -2.41. The molecule has 1 aromatic rings. The van der Waals surface area contributed by atoms with Crippen LogP contribution in [0.3, 0.4) is 0 Å². The first-order valence-corrected chi connectivity index (χ1v) is 12.6. The minimum Gasteiger partial charge on any atom is -0.393 e. The van der Waals surface area contributed by atoms with Crippen molar-refractivity contribution in [1.29, 1.82) is 0 Å². The minimum absolute atomic E-state index is 0.112. The Bertz CT molecular complexity index is 830. The minimum atomic E-state index is -0.300. The van der Waals surface area contributed by atoms with Crippen LogP contribution in [-0.2, 0) is 9.59 Å². The Morgan fingerprint density at radius 2 is 1.81 bits per heavy atom. The first kappa shape index (κ1) is 21.7. The maximum atomic E-state index is 13.5. The number of rotatable bonds is 4. The molecule has 1 aromatic heterocycles. The molecule has 4 fully saturated rings. The van der Waals surface area contributed by atoms with E-state index in [0.29, 0.717) is 11.9 Å². The van der Waals surface area contributed by atoms with Gasteiger partial charge in [-0.25, -0.2) is 4.98 Å². The van der Waals surface area contributed by atoms with Gasteiger partial charge in [-0.3, -0.25) is 9.59 Å². The molecular weight excluding hydrogens is 404 g/mol. The molecule has 2 saturated heterocycles. The monoisotopic (exact) mass is 440 g/mol. The van der Waals surface area contributed by atoms with Crippen molar-refractivity contribution in [2.45, 2.75) is 82.8 Å². The van der Waals surface area contributed by atoms with Gasteiger partial charge in [-0.1, -0.05) is 12.8 Å². The van der Waals surface area contributed by atoms with E-state index in [-0.39, 0.29) is 23.3 Å². The van der Waals surface area contributed by atoms with Gasteiger partial charge in [0.05, 0.1) is 23.4 Å². The Morgan fingerprint density at radius 1 is 1.03 bits per heavy atom. The summed E-state index contributed by atoms with van der Waals surface area (Å²) < 4.78 is 0. The van der Waals surface area contributed by atoms with Gasteiger partial charge in [0.1, 0.15) is 5.82 Å². The number of likely N-dealkylation sites (tertiary alicyclic amines) is 1. The largest absolute Gasteiger partial charge is 0.393 e. The molecule has 2 amide bonds. The Hall–Kier alpha value is -2.15. The number of aliphatic hydroxyl groups excluding tert-OH is 1. The second kappa shape index (κ2) is 9.00. The molecule has 2 saturated carbocycles. The number of aromatic nitrogens is 1. The smallest absolute Gasteiger partial charge is 0.230 e. The van der Waals surface area contributed by atoms with Crippen LogP contribution in [0.2, 0.25) is 0 Å². The van der Waals surface area contributed by atoms with Crippen molar-refractivity contribution in [2.24, 2.45) is 11.3 Å². The maximum Gasteiger partial charge on any atom is 0.230 e. The van der Waals surface area contributed by atoms with Gasteiger partial charge in [-0.05, 0) is 69.9 Å². The number of anilines is 2. The summed E-state index contributed by atoms with van der Waals surface area (Å²) >= 11 is 0. The maximum absolute atomic E-state index is 13.5. The molecule has 32 heavy (non-hydrogen) atoms. The molecular formula is C25H36N4O3. The van der Waals surface area contributed by atoms with Crippen molar-refractivity contribution in [1.82, 2.24) is 9.88 Å². The number of nitrogens with zero attached hydrogens (tertiary/aromatic N) is 3. The summed E-state index contributed by atoms with van der Waals surface area (Å²) in [5, 5.41) is 12.8. The second-order valence-corrected chi connectivity index (χ2v) is 10.4. The predicted octanol–water partition coefficient (Wildman–Crippen LogP) is 3.33. The summed E-state index contributed by atoms with van der Waals surface area (Å²) in [6, 6.07) is 4.21. The lowest BCUT2D eigenvalue weighted by atomic mass is 9.78. The lowest BCUT2D eigenvalue weighted by Crippen LogP contribution is -2.50. The summed E-state index contributed by atoms with van der Waals surface area (Å²) in [5.41, 5.74) is 0.450. The van der Waals surface area contributed by atoms with Crippen LogP contribution in [-0.4, -0.2) is 58.6 Å². The van der Waals surface area contributed by atoms with Gasteiger partial charge in [0.2, 0.25) is 11.8 Å². The number of amides is 2. The zero-order valence-corrected chi connectivity index (χ0v) is 19.0. The van der Waals surface area contributed by atoms with Crippen LogP contribution in [0.1, 0.15) is 70.6 Å². The standard InChI is InChI=1S/C25H36N4O3/c30-21-9-7-20(8-10-21)29-15-13-25(24(29)32)12-3-14-28(17-25)22-11-6-19(16-26-22)27-23(31)18-4-1-2-5-18/h6,11,16,18,20-21,30H,1-5,7-10,12-15,17H2,(H,27,31)/t20-,21-,25-/m0/s1. The van der Waals surface area contributed by atoms with E-state index in [2.05, 4.69) is 20.1 Å². The normalized spacial score (nSPS) is 31.5. The number of pyridine rings is 1. The molecule has 0 aromatic carbocycles. The topological polar surface area (TPSA) is 85.8 Å². The van der Waals surface area contributed by atoms with Gasteiger partial charge in [0.25, 0.3) is 0 Å². The quantitative estimate of drug-likeness (QED) is 0.750. The molecule has 1 spiro atoms. The van der Waals surface area contributed by atoms with Crippen LogP contribution < -0.4 is 10.2 Å². The van der Waals surface area contributed by atoms with Crippen molar-refractivity contribution in [3.63, 3.8) is 0 Å². The highest BCUT2D eigenvalue weighted by Crippen LogP contribution is 2.43. The van der Waals surface area contributed by atoms with Gasteiger partial charge in [0, 0.05) is 31.6 Å². The third-order valence-electron chi connectivity index (χ3n) is 8.30. The van der Waals surface area contributed by atoms with Gasteiger partial charge < -0.3 is 20.2 Å². The van der Waals surface area contributed by atoms with Gasteiger partial charge in [-0.2, -0.15) is 0 Å². The van der Waals surface area contributed by atoms with E-state index >= 15 is 0 Å². The van der Waals surface area contributed by atoms with Crippen molar-refractivity contribution in [3.05, 3.63) is 18.3 Å². The Balaban J connectivity index is 1.22. The SMILES string of the molecule is O=C(Nc1ccc(N2CCC[C@]3(CCN([C@H]4CC[C@H](O)CC4)C3=O)C2)nc1)C1CCCC1. The average molecular weight is 441 g/mol. The summed E-state index contributed by atoms with van der Waals surface area (Å²) in [6.45, 7) is 2.47. The van der Waals surface area contributed by atoms with Crippen molar-refractivity contribution < 1.29 is 14.7 Å². The van der Waals surface area contributed by atoms with Crippen molar-refractivity contribution >= 4 is 23.3 Å². The van der Waals surface area contributed by atoms with Gasteiger partial charge in [-0.15, -0.1) is 0 Å². The molecule has 2 N–H and O–H groups in total. The zero-order chi connectivity index (χ0) is 22.1. The molecule has 7 nitrogen and oxygen atoms in total. The molecule has 2 aliphatic carbocycles. The third-order valence-corrected chi connectivity index (χ3v) is 8.30. The number of hydrogen-bond acceptors (Lipinski definition) is 5. The number of aliphatic hydroxyl groups is 1. The highest BCUT2D eigenvalue weighted by molar-refractivity contribution is 5.92. The zero-order valence-electron chi connectivity index (χ0n) is 19.0. The number of carbonyl (C=O) groups is 2. The molecule has 5 rings (SSSR count). The summed E-state index contributed by atoms with van der Waals surface area (Å²) in [4.78, 5) is 34.9. The highest BCUT2D eigenvalue weighted by atomic mass is 16.3. The number of hydrogen-bond donors (Lipinski definition) is 2. The summed E-state index contributed by atoms with van der Waals surface area (Å²) in [5.74, 6) is 1.44. The number of nitrogens with one attached hydrogen (secondary N) is 1. The van der Waals surface area contributed by atoms with E-state index in [1.165, 1.54) is 0 Å². The fourth-order valence-corrected chi connectivity index (χ4v) is 6.35. The van der Waals surface area contributed by atoms with Crippen LogP contribution >= 0.6 is 0 Å². The molecule has 4 aliphatic rings. The molecule has 174 valence electrons. The van der Waals surface area contributed by atoms with Crippen LogP contribution in [0, 0.1) is 11.3 Å². The fraction of sp³-hybridized carbons (Fsp3) is 0.720. The molecule has 2 aliphatic heterocycles. The van der Waals surface area contributed by atoms with E-state index in [9.17, 15) is 14.7 Å². The van der Waals surface area contributed by atoms with E-state index in [0.717, 1.165) is 102 Å². The first-order valence-electron chi connectivity index (χ1n) is 12.6. The molecule has 0 unspecified atom stereocenters. The lowest BCUT2D eigenvalue weighted by molar-refractivity contribution is -0.139. The number of piperidine rings is 1. The van der Waals surface area contributed by atoms with E-state index < -0.39 is 0 Å². The van der Waals surface area contributed by atoms with Crippen molar-refractivity contribution in [2.75, 3.05) is 29.9 Å². The fourth-order valence-electron chi connectivity index (χ4n) is 6.35. The average Bonchev–Trinajstić information content (AvgIpc) is 3.45. The van der Waals surface area contributed by atoms with Crippen LogP contribution in [0.5, 0.6) is 0 Å². The van der Waals surface area contributed by atoms with E-state index in [1.807, 2.05) is 12.1 Å². The van der Waals surface area contributed by atoms with E-state index in [1.54, 1.807) is 6.20 Å². The Labute approximate surface area is 190 Å². The van der Waals surface area contributed by atoms with Gasteiger partial charge >= 0.3 is 0 Å². The Kier molecular flexibility index (Phi) is 6.10. The van der Waals surface area contributed by atoms with Crippen LogP contribution in [0.15, 0.2) is 18.3 Å². The summed E-state index contributed by atoms with van der Waals surface area (Å²) in [6.07, 6.45) is 12.1. The Morgan fingerprint density at radius 3 is 2.53 bits per heavy atom. The molecule has 3 heterocycles. The molecule has 0 bridgehead atoms. The molecule has 7 heteroatoms. The van der Waals surface area contributed by atoms with Crippen LogP contribution in [0.4, 0.5) is 11.5 Å². The third kappa shape index (κ3) is 4.24. The molecule has 1 atom stereocenters. The molecule has 0 radical (unpaired) electrons. The van der Waals surface area contributed by atoms with E-state index in [4.69, 9.17) is 0 Å². The summed E-state index contributed by atoms with van der Waals surface area (Å²) in [7, 11) is 0. The van der Waals surface area contributed by atoms with Crippen LogP contribution in [0.25, 0.3) is 0 Å². The second-order valence-electron chi connectivity index (χ2n) is 10.4. The highest BCUT2D eigenvalue weighted by Gasteiger charge is 2.50.